The lowest BCUT2D eigenvalue weighted by Gasteiger charge is -2.09. The fourth-order valence-electron chi connectivity index (χ4n) is 1.24. The van der Waals surface area contributed by atoms with Gasteiger partial charge in [0.2, 0.25) is 0 Å². The Bertz CT molecular complexity index is 284. The van der Waals surface area contributed by atoms with Crippen molar-refractivity contribution in [1.82, 2.24) is 10.3 Å². The largest absolute Gasteiger partial charge is 0.306 e. The molecule has 2 rings (SSSR count). The van der Waals surface area contributed by atoms with Crippen molar-refractivity contribution in [2.75, 3.05) is 5.75 Å². The SMILES string of the molecule is C1=CC(NCc2ccncc2)CS1. The second kappa shape index (κ2) is 4.44. The predicted molar refractivity (Wildman–Crippen MR) is 56.5 cm³/mol. The van der Waals surface area contributed by atoms with Crippen LogP contribution in [0.15, 0.2) is 36.0 Å². The molecule has 3 heteroatoms. The molecule has 1 aliphatic heterocycles. The minimum absolute atomic E-state index is 0.540. The van der Waals surface area contributed by atoms with E-state index in [0.29, 0.717) is 6.04 Å². The summed E-state index contributed by atoms with van der Waals surface area (Å²) in [5, 5.41) is 5.62. The molecule has 1 N–H and O–H groups in total. The number of hydrogen-bond acceptors (Lipinski definition) is 3. The Morgan fingerprint density at radius 3 is 3.00 bits per heavy atom. The lowest BCUT2D eigenvalue weighted by molar-refractivity contribution is 0.644. The van der Waals surface area contributed by atoms with E-state index in [4.69, 9.17) is 0 Å². The van der Waals surface area contributed by atoms with Crippen LogP contribution < -0.4 is 5.32 Å². The van der Waals surface area contributed by atoms with Gasteiger partial charge in [-0.05, 0) is 23.1 Å². The normalized spacial score (nSPS) is 20.8. The highest BCUT2D eigenvalue weighted by atomic mass is 32.2. The molecule has 0 amide bonds. The highest BCUT2D eigenvalue weighted by Gasteiger charge is 2.07. The molecule has 1 aromatic rings. The smallest absolute Gasteiger partial charge is 0.0355 e. The van der Waals surface area contributed by atoms with Gasteiger partial charge in [-0.1, -0.05) is 6.08 Å². The number of pyridine rings is 1. The van der Waals surface area contributed by atoms with Crippen molar-refractivity contribution >= 4 is 11.8 Å². The molecule has 0 aliphatic carbocycles. The highest BCUT2D eigenvalue weighted by Crippen LogP contribution is 2.14. The van der Waals surface area contributed by atoms with Crippen molar-refractivity contribution in [2.24, 2.45) is 0 Å². The number of aromatic nitrogens is 1. The Labute approximate surface area is 82.5 Å². The number of rotatable bonds is 3. The Morgan fingerprint density at radius 2 is 2.31 bits per heavy atom. The van der Waals surface area contributed by atoms with E-state index in [1.807, 2.05) is 36.3 Å². The van der Waals surface area contributed by atoms with Crippen LogP contribution in [-0.2, 0) is 6.54 Å². The number of nitrogens with zero attached hydrogens (tertiary/aromatic N) is 1. The van der Waals surface area contributed by atoms with Gasteiger partial charge in [-0.25, -0.2) is 0 Å². The molecule has 0 bridgehead atoms. The summed E-state index contributed by atoms with van der Waals surface area (Å²) in [5.74, 6) is 1.16. The Balaban J connectivity index is 1.82. The Kier molecular flexibility index (Phi) is 3.00. The van der Waals surface area contributed by atoms with Crippen molar-refractivity contribution in [3.63, 3.8) is 0 Å². The topological polar surface area (TPSA) is 24.9 Å². The van der Waals surface area contributed by atoms with E-state index in [-0.39, 0.29) is 0 Å². The van der Waals surface area contributed by atoms with Crippen LogP contribution in [0.2, 0.25) is 0 Å². The molecule has 0 aromatic carbocycles. The third kappa shape index (κ3) is 2.57. The fourth-order valence-corrected chi connectivity index (χ4v) is 2.09. The molecule has 2 heterocycles. The van der Waals surface area contributed by atoms with Gasteiger partial charge in [-0.15, -0.1) is 11.8 Å². The summed E-state index contributed by atoms with van der Waals surface area (Å²) >= 11 is 1.86. The molecular formula is C10H12N2S. The molecule has 0 spiro atoms. The summed E-state index contributed by atoms with van der Waals surface area (Å²) in [6, 6.07) is 4.62. The first-order valence-electron chi connectivity index (χ1n) is 4.36. The summed E-state index contributed by atoms with van der Waals surface area (Å²) in [5.41, 5.74) is 1.29. The monoisotopic (exact) mass is 192 g/mol. The standard InChI is InChI=1S/C10H12N2S/c1-4-11-5-2-9(1)7-12-10-3-6-13-8-10/h1-6,10,12H,7-8H2. The lowest BCUT2D eigenvalue weighted by Crippen LogP contribution is -2.26. The molecule has 68 valence electrons. The zero-order chi connectivity index (χ0) is 8.93. The van der Waals surface area contributed by atoms with Crippen LogP contribution in [0.4, 0.5) is 0 Å². The van der Waals surface area contributed by atoms with Crippen molar-refractivity contribution < 1.29 is 0 Å². The van der Waals surface area contributed by atoms with E-state index in [9.17, 15) is 0 Å². The van der Waals surface area contributed by atoms with Crippen molar-refractivity contribution in [2.45, 2.75) is 12.6 Å². The van der Waals surface area contributed by atoms with Crippen LogP contribution in [0.25, 0.3) is 0 Å². The first-order chi connectivity index (χ1) is 6.45. The van der Waals surface area contributed by atoms with Crippen LogP contribution in [0.1, 0.15) is 5.56 Å². The maximum absolute atomic E-state index is 3.98. The van der Waals surface area contributed by atoms with E-state index >= 15 is 0 Å². The number of thioether (sulfide) groups is 1. The zero-order valence-corrected chi connectivity index (χ0v) is 8.13. The maximum atomic E-state index is 3.98. The van der Waals surface area contributed by atoms with Crippen LogP contribution in [-0.4, -0.2) is 16.8 Å². The van der Waals surface area contributed by atoms with Gasteiger partial charge in [-0.2, -0.15) is 0 Å². The van der Waals surface area contributed by atoms with Crippen LogP contribution in [0.3, 0.4) is 0 Å². The van der Waals surface area contributed by atoms with Crippen LogP contribution >= 0.6 is 11.8 Å². The van der Waals surface area contributed by atoms with Gasteiger partial charge >= 0.3 is 0 Å². The van der Waals surface area contributed by atoms with E-state index in [2.05, 4.69) is 21.8 Å². The van der Waals surface area contributed by atoms with Crippen LogP contribution in [0, 0.1) is 0 Å². The van der Waals surface area contributed by atoms with E-state index in [1.54, 1.807) is 0 Å². The van der Waals surface area contributed by atoms with Crippen molar-refractivity contribution in [3.05, 3.63) is 41.6 Å². The second-order valence-corrected chi connectivity index (χ2v) is 3.94. The third-order valence-electron chi connectivity index (χ3n) is 2.00. The van der Waals surface area contributed by atoms with E-state index < -0.39 is 0 Å². The molecule has 1 unspecified atom stereocenters. The average Bonchev–Trinajstić information content (AvgIpc) is 2.69. The van der Waals surface area contributed by atoms with Gasteiger partial charge in [-0.3, -0.25) is 4.98 Å². The van der Waals surface area contributed by atoms with Crippen LogP contribution in [0.5, 0.6) is 0 Å². The molecule has 0 fully saturated rings. The van der Waals surface area contributed by atoms with Gasteiger partial charge < -0.3 is 5.32 Å². The zero-order valence-electron chi connectivity index (χ0n) is 7.31. The van der Waals surface area contributed by atoms with Gasteiger partial charge in [0.15, 0.2) is 0 Å². The summed E-state index contributed by atoms with van der Waals surface area (Å²) in [6.45, 7) is 0.929. The fraction of sp³-hybridized carbons (Fsp3) is 0.300. The minimum Gasteiger partial charge on any atom is -0.306 e. The van der Waals surface area contributed by atoms with Gasteiger partial charge in [0, 0.05) is 30.7 Å². The molecule has 1 atom stereocenters. The summed E-state index contributed by atoms with van der Waals surface area (Å²) in [6.07, 6.45) is 5.87. The lowest BCUT2D eigenvalue weighted by atomic mass is 10.2. The first kappa shape index (κ1) is 8.78. The summed E-state index contributed by atoms with van der Waals surface area (Å²) in [7, 11) is 0. The molecule has 2 nitrogen and oxygen atoms in total. The quantitative estimate of drug-likeness (QED) is 0.790. The molecule has 1 aromatic heterocycles. The van der Waals surface area contributed by atoms with Gasteiger partial charge in [0.25, 0.3) is 0 Å². The second-order valence-electron chi connectivity index (χ2n) is 3.00. The average molecular weight is 192 g/mol. The number of nitrogens with one attached hydrogen (secondary N) is 1. The molecule has 0 radical (unpaired) electrons. The molecule has 13 heavy (non-hydrogen) atoms. The summed E-state index contributed by atoms with van der Waals surface area (Å²) in [4.78, 5) is 3.98. The minimum atomic E-state index is 0.540. The van der Waals surface area contributed by atoms with Crippen molar-refractivity contribution in [3.8, 4) is 0 Å². The predicted octanol–water partition coefficient (Wildman–Crippen LogP) is 1.80. The Hall–Kier alpha value is -0.800. The van der Waals surface area contributed by atoms with Gasteiger partial charge in [0.1, 0.15) is 0 Å². The first-order valence-corrected chi connectivity index (χ1v) is 5.40. The van der Waals surface area contributed by atoms with Crippen molar-refractivity contribution in [1.29, 1.82) is 0 Å². The third-order valence-corrected chi connectivity index (χ3v) is 2.90. The maximum Gasteiger partial charge on any atom is 0.0355 e. The Morgan fingerprint density at radius 1 is 1.46 bits per heavy atom. The van der Waals surface area contributed by atoms with E-state index in [0.717, 1.165) is 12.3 Å². The molecule has 0 saturated carbocycles. The highest BCUT2D eigenvalue weighted by molar-refractivity contribution is 8.02. The summed E-state index contributed by atoms with van der Waals surface area (Å²) < 4.78 is 0. The molecule has 1 aliphatic rings. The van der Waals surface area contributed by atoms with Gasteiger partial charge in [0.05, 0.1) is 0 Å². The number of hydrogen-bond donors (Lipinski definition) is 1. The van der Waals surface area contributed by atoms with E-state index in [1.165, 1.54) is 5.56 Å². The molecule has 0 saturated heterocycles. The molecular weight excluding hydrogens is 180 g/mol.